The van der Waals surface area contributed by atoms with Crippen molar-refractivity contribution in [3.05, 3.63) is 23.5 Å². The van der Waals surface area contributed by atoms with E-state index in [-0.39, 0.29) is 16.9 Å². The smallest absolute Gasteiger partial charge is 0.256 e. The Balaban J connectivity index is 2.93. The predicted octanol–water partition coefficient (Wildman–Crippen LogP) is 1.55. The second-order valence-corrected chi connectivity index (χ2v) is 3.46. The molecule has 0 radical (unpaired) electrons. The average molecular weight is 221 g/mol. The van der Waals surface area contributed by atoms with Crippen molar-refractivity contribution in [3.63, 3.8) is 0 Å². The van der Waals surface area contributed by atoms with Gasteiger partial charge < -0.3 is 20.0 Å². The number of hydrogen-bond acceptors (Lipinski definition) is 4. The van der Waals surface area contributed by atoms with E-state index in [2.05, 4.69) is 0 Å². The number of rotatable bonds is 2. The first kappa shape index (κ1) is 10.4. The van der Waals surface area contributed by atoms with E-state index in [4.69, 9.17) is 14.9 Å². The van der Waals surface area contributed by atoms with Gasteiger partial charge in [-0.25, -0.2) is 0 Å². The van der Waals surface area contributed by atoms with Crippen molar-refractivity contribution in [3.8, 4) is 11.5 Å². The minimum absolute atomic E-state index is 0.0242. The fourth-order valence-electron chi connectivity index (χ4n) is 1.72. The van der Waals surface area contributed by atoms with E-state index < -0.39 is 5.91 Å². The van der Waals surface area contributed by atoms with E-state index in [1.165, 1.54) is 19.4 Å². The van der Waals surface area contributed by atoms with Gasteiger partial charge in [-0.05, 0) is 12.5 Å². The number of ether oxygens (including phenoxy) is 1. The van der Waals surface area contributed by atoms with Crippen LogP contribution in [0.1, 0.15) is 15.9 Å². The Labute approximate surface area is 91.4 Å². The van der Waals surface area contributed by atoms with Crippen molar-refractivity contribution in [2.24, 2.45) is 5.73 Å². The van der Waals surface area contributed by atoms with E-state index in [0.717, 1.165) is 5.56 Å². The Morgan fingerprint density at radius 1 is 1.56 bits per heavy atom. The number of aromatic hydroxyl groups is 1. The molecule has 1 aromatic heterocycles. The van der Waals surface area contributed by atoms with Crippen molar-refractivity contribution < 1.29 is 19.1 Å². The number of amides is 1. The highest BCUT2D eigenvalue weighted by atomic mass is 16.5. The molecule has 2 rings (SSSR count). The highest BCUT2D eigenvalue weighted by Gasteiger charge is 2.20. The molecule has 0 fully saturated rings. The van der Waals surface area contributed by atoms with Crippen LogP contribution in [0.25, 0.3) is 11.0 Å². The van der Waals surface area contributed by atoms with E-state index in [9.17, 15) is 9.90 Å². The number of aryl methyl sites for hydroxylation is 1. The van der Waals surface area contributed by atoms with Crippen LogP contribution in [0.2, 0.25) is 0 Å². The van der Waals surface area contributed by atoms with Crippen LogP contribution in [0, 0.1) is 6.92 Å². The van der Waals surface area contributed by atoms with Gasteiger partial charge >= 0.3 is 0 Å². The van der Waals surface area contributed by atoms with Gasteiger partial charge in [-0.3, -0.25) is 4.79 Å². The van der Waals surface area contributed by atoms with Gasteiger partial charge in [0.15, 0.2) is 5.58 Å². The molecule has 0 unspecified atom stereocenters. The zero-order valence-corrected chi connectivity index (χ0v) is 8.90. The summed E-state index contributed by atoms with van der Waals surface area (Å²) in [4.78, 5) is 11.2. The largest absolute Gasteiger partial charge is 0.507 e. The zero-order chi connectivity index (χ0) is 11.9. The molecule has 1 heterocycles. The van der Waals surface area contributed by atoms with Gasteiger partial charge in [0.05, 0.1) is 18.8 Å². The molecule has 0 saturated carbocycles. The molecule has 5 nitrogen and oxygen atoms in total. The van der Waals surface area contributed by atoms with Gasteiger partial charge in [-0.2, -0.15) is 0 Å². The molecule has 1 amide bonds. The van der Waals surface area contributed by atoms with Gasteiger partial charge in [-0.1, -0.05) is 0 Å². The summed E-state index contributed by atoms with van der Waals surface area (Å²) >= 11 is 0. The minimum Gasteiger partial charge on any atom is -0.507 e. The molecule has 0 spiro atoms. The van der Waals surface area contributed by atoms with Crippen LogP contribution in [-0.2, 0) is 0 Å². The molecule has 0 aliphatic rings. The molecule has 0 atom stereocenters. The van der Waals surface area contributed by atoms with Gasteiger partial charge in [0, 0.05) is 6.07 Å². The van der Waals surface area contributed by atoms with Crippen LogP contribution in [-0.4, -0.2) is 18.1 Å². The highest BCUT2D eigenvalue weighted by molar-refractivity contribution is 6.09. The maximum Gasteiger partial charge on any atom is 0.256 e. The lowest BCUT2D eigenvalue weighted by Crippen LogP contribution is -2.11. The number of carbonyl (C=O) groups excluding carboxylic acids is 1. The Morgan fingerprint density at radius 2 is 2.25 bits per heavy atom. The summed E-state index contributed by atoms with van der Waals surface area (Å²) in [5.74, 6) is -0.533. The Kier molecular flexibility index (Phi) is 2.23. The lowest BCUT2D eigenvalue weighted by Gasteiger charge is -2.06. The van der Waals surface area contributed by atoms with Crippen molar-refractivity contribution >= 4 is 16.9 Å². The maximum absolute atomic E-state index is 11.2. The second-order valence-electron chi connectivity index (χ2n) is 3.46. The van der Waals surface area contributed by atoms with Crippen LogP contribution in [0.5, 0.6) is 11.5 Å². The van der Waals surface area contributed by atoms with Crippen LogP contribution in [0.3, 0.4) is 0 Å². The normalized spacial score (nSPS) is 10.6. The number of carbonyl (C=O) groups is 1. The predicted molar refractivity (Wildman–Crippen MR) is 57.7 cm³/mol. The van der Waals surface area contributed by atoms with Crippen molar-refractivity contribution in [1.29, 1.82) is 0 Å². The molecule has 0 saturated heterocycles. The Hall–Kier alpha value is -2.17. The maximum atomic E-state index is 11.2. The molecule has 2 aromatic rings. The Morgan fingerprint density at radius 3 is 2.81 bits per heavy atom. The van der Waals surface area contributed by atoms with Crippen molar-refractivity contribution in [2.45, 2.75) is 6.92 Å². The third kappa shape index (κ3) is 1.29. The summed E-state index contributed by atoms with van der Waals surface area (Å²) in [6.07, 6.45) is 1.49. The van der Waals surface area contributed by atoms with Crippen LogP contribution in [0.4, 0.5) is 0 Å². The monoisotopic (exact) mass is 221 g/mol. The van der Waals surface area contributed by atoms with Gasteiger partial charge in [-0.15, -0.1) is 0 Å². The van der Waals surface area contributed by atoms with Crippen LogP contribution < -0.4 is 10.5 Å². The number of primary amides is 1. The number of methoxy groups -OCH3 is 1. The summed E-state index contributed by atoms with van der Waals surface area (Å²) in [6.45, 7) is 1.82. The lowest BCUT2D eigenvalue weighted by molar-refractivity contribution is 0.0998. The molecule has 16 heavy (non-hydrogen) atoms. The molecular weight excluding hydrogens is 210 g/mol. The number of furan rings is 1. The fraction of sp³-hybridized carbons (Fsp3) is 0.182. The molecule has 3 N–H and O–H groups in total. The molecular formula is C11H11NO4. The average Bonchev–Trinajstić information content (AvgIpc) is 2.59. The number of phenols is 1. The molecule has 84 valence electrons. The first-order valence-electron chi connectivity index (χ1n) is 4.63. The zero-order valence-electron chi connectivity index (χ0n) is 8.90. The first-order chi connectivity index (χ1) is 7.56. The van der Waals surface area contributed by atoms with Crippen LogP contribution >= 0.6 is 0 Å². The van der Waals surface area contributed by atoms with Crippen LogP contribution in [0.15, 0.2) is 16.7 Å². The topological polar surface area (TPSA) is 85.7 Å². The number of benzene rings is 1. The summed E-state index contributed by atoms with van der Waals surface area (Å²) in [6, 6.07) is 1.35. The van der Waals surface area contributed by atoms with Gasteiger partial charge in [0.1, 0.15) is 17.1 Å². The fourth-order valence-corrected chi connectivity index (χ4v) is 1.72. The number of nitrogens with two attached hydrogens (primary N) is 1. The summed E-state index contributed by atoms with van der Waals surface area (Å²) < 4.78 is 10.3. The highest BCUT2D eigenvalue weighted by Crippen LogP contribution is 2.37. The standard InChI is InChI=1S/C11H11NO4/c1-5-4-16-10-8(5)7(15-2)3-6(13)9(10)11(12)14/h3-4,13H,1-2H3,(H2,12,14). The third-order valence-corrected chi connectivity index (χ3v) is 2.44. The van der Waals surface area contributed by atoms with Gasteiger partial charge in [0.2, 0.25) is 0 Å². The lowest BCUT2D eigenvalue weighted by atomic mass is 10.1. The van der Waals surface area contributed by atoms with Gasteiger partial charge in [0.25, 0.3) is 5.91 Å². The molecule has 5 heteroatoms. The van der Waals surface area contributed by atoms with E-state index in [0.29, 0.717) is 11.1 Å². The molecule has 0 aliphatic carbocycles. The van der Waals surface area contributed by atoms with E-state index in [1.807, 2.05) is 6.92 Å². The van der Waals surface area contributed by atoms with Crippen molar-refractivity contribution in [1.82, 2.24) is 0 Å². The summed E-state index contributed by atoms with van der Waals surface area (Å²) in [7, 11) is 1.48. The number of fused-ring (bicyclic) bond motifs is 1. The minimum atomic E-state index is -0.737. The summed E-state index contributed by atoms with van der Waals surface area (Å²) in [5, 5.41) is 10.3. The third-order valence-electron chi connectivity index (χ3n) is 2.44. The second kappa shape index (κ2) is 3.44. The Bertz CT molecular complexity index is 571. The van der Waals surface area contributed by atoms with E-state index >= 15 is 0 Å². The quantitative estimate of drug-likeness (QED) is 0.805. The van der Waals surface area contributed by atoms with Crippen molar-refractivity contribution in [2.75, 3.05) is 7.11 Å². The van der Waals surface area contributed by atoms with E-state index in [1.54, 1.807) is 0 Å². The SMILES string of the molecule is COc1cc(O)c(C(N)=O)c2occ(C)c12. The molecule has 0 bridgehead atoms. The molecule has 0 aliphatic heterocycles. The first-order valence-corrected chi connectivity index (χ1v) is 4.63. The number of hydrogen-bond donors (Lipinski definition) is 2. The summed E-state index contributed by atoms with van der Waals surface area (Å²) in [5.41, 5.74) is 6.22. The molecule has 1 aromatic carbocycles.